The van der Waals surface area contributed by atoms with E-state index in [0.717, 1.165) is 0 Å². The maximum Gasteiger partial charge on any atom is 0.283 e. The molecule has 0 fully saturated rings. The minimum Gasteiger partial charge on any atom is -0.372 e. The van der Waals surface area contributed by atoms with Crippen LogP contribution in [0.25, 0.3) is 0 Å². The van der Waals surface area contributed by atoms with Gasteiger partial charge in [-0.2, -0.15) is 5.10 Å². The highest BCUT2D eigenvalue weighted by molar-refractivity contribution is 9.10. The average molecular weight is 282 g/mol. The van der Waals surface area contributed by atoms with Crippen molar-refractivity contribution in [3.63, 3.8) is 0 Å². The van der Waals surface area contributed by atoms with Crippen LogP contribution in [0.3, 0.4) is 0 Å². The first-order valence-electron chi connectivity index (χ1n) is 4.70. The van der Waals surface area contributed by atoms with Gasteiger partial charge in [0.2, 0.25) is 0 Å². The second-order valence-electron chi connectivity index (χ2n) is 2.93. The lowest BCUT2D eigenvalue weighted by molar-refractivity contribution is 0.649. The van der Waals surface area contributed by atoms with E-state index in [1.54, 1.807) is 19.2 Å². The Bertz CT molecular complexity index is 496. The number of halogens is 1. The van der Waals surface area contributed by atoms with Crippen molar-refractivity contribution >= 4 is 21.6 Å². The van der Waals surface area contributed by atoms with Crippen molar-refractivity contribution in [1.29, 1.82) is 0 Å². The Morgan fingerprint density at radius 3 is 3.12 bits per heavy atom. The molecule has 16 heavy (non-hydrogen) atoms. The molecule has 4 nitrogen and oxygen atoms in total. The number of hydrogen-bond donors (Lipinski definition) is 1. The predicted octanol–water partition coefficient (Wildman–Crippen LogP) is 1.63. The van der Waals surface area contributed by atoms with Crippen molar-refractivity contribution < 1.29 is 0 Å². The third-order valence-electron chi connectivity index (χ3n) is 1.83. The van der Waals surface area contributed by atoms with Crippen LogP contribution < -0.4 is 10.9 Å². The number of anilines is 1. The zero-order chi connectivity index (χ0) is 12.0. The second-order valence-corrected chi connectivity index (χ2v) is 3.72. The molecular formula is C11H12BrN3O. The van der Waals surface area contributed by atoms with Gasteiger partial charge in [-0.3, -0.25) is 4.79 Å². The summed E-state index contributed by atoms with van der Waals surface area (Å²) < 4.78 is 1.79. The molecule has 0 radical (unpaired) electrons. The highest BCUT2D eigenvalue weighted by atomic mass is 79.9. The van der Waals surface area contributed by atoms with E-state index in [1.807, 2.05) is 0 Å². The van der Waals surface area contributed by atoms with Crippen LogP contribution >= 0.6 is 15.9 Å². The zero-order valence-electron chi connectivity index (χ0n) is 8.96. The van der Waals surface area contributed by atoms with Gasteiger partial charge >= 0.3 is 0 Å². The van der Waals surface area contributed by atoms with Crippen molar-refractivity contribution in [2.45, 2.75) is 13.5 Å². The minimum absolute atomic E-state index is 0.186. The van der Waals surface area contributed by atoms with Crippen LogP contribution in [-0.4, -0.2) is 16.3 Å². The van der Waals surface area contributed by atoms with Gasteiger partial charge in [0.25, 0.3) is 5.56 Å². The standard InChI is InChI=1S/C11H12BrN3O/c1-3-5-6-13-9-8-14-15(7-4-2)11(16)10(9)12/h4,8,13H,2,6-7H2,1H3. The van der Waals surface area contributed by atoms with E-state index in [-0.39, 0.29) is 5.56 Å². The molecule has 0 saturated carbocycles. The van der Waals surface area contributed by atoms with Crippen LogP contribution in [0.5, 0.6) is 0 Å². The molecule has 1 N–H and O–H groups in total. The number of aromatic nitrogens is 2. The zero-order valence-corrected chi connectivity index (χ0v) is 10.5. The van der Waals surface area contributed by atoms with Gasteiger partial charge in [-0.05, 0) is 22.9 Å². The van der Waals surface area contributed by atoms with Gasteiger partial charge in [-0.15, -0.1) is 12.5 Å². The average Bonchev–Trinajstić information content (AvgIpc) is 2.28. The Morgan fingerprint density at radius 1 is 1.75 bits per heavy atom. The molecular weight excluding hydrogens is 270 g/mol. The third kappa shape index (κ3) is 2.97. The Kier molecular flexibility index (Phi) is 4.80. The molecule has 0 aromatic carbocycles. The van der Waals surface area contributed by atoms with Crippen molar-refractivity contribution in [3.05, 3.63) is 33.7 Å². The number of nitrogens with one attached hydrogen (secondary N) is 1. The molecule has 0 saturated heterocycles. The fourth-order valence-corrected chi connectivity index (χ4v) is 1.52. The lowest BCUT2D eigenvalue weighted by Gasteiger charge is -2.06. The normalized spacial score (nSPS) is 9.12. The smallest absolute Gasteiger partial charge is 0.283 e. The Hall–Kier alpha value is -1.54. The largest absolute Gasteiger partial charge is 0.372 e. The molecule has 0 unspecified atom stereocenters. The number of rotatable bonds is 4. The number of allylic oxidation sites excluding steroid dienone is 1. The summed E-state index contributed by atoms with van der Waals surface area (Å²) in [6.07, 6.45) is 3.21. The molecule has 1 rings (SSSR count). The molecule has 0 bridgehead atoms. The maximum atomic E-state index is 11.7. The van der Waals surface area contributed by atoms with E-state index in [1.165, 1.54) is 4.68 Å². The molecule has 1 aromatic rings. The summed E-state index contributed by atoms with van der Waals surface area (Å²) in [5.74, 6) is 5.61. The summed E-state index contributed by atoms with van der Waals surface area (Å²) in [7, 11) is 0. The Balaban J connectivity index is 2.96. The van der Waals surface area contributed by atoms with Crippen LogP contribution in [0.2, 0.25) is 0 Å². The Morgan fingerprint density at radius 2 is 2.50 bits per heavy atom. The van der Waals surface area contributed by atoms with Crippen molar-refractivity contribution in [2.24, 2.45) is 0 Å². The first-order chi connectivity index (χ1) is 7.70. The number of hydrogen-bond acceptors (Lipinski definition) is 3. The summed E-state index contributed by atoms with van der Waals surface area (Å²) >= 11 is 3.23. The summed E-state index contributed by atoms with van der Waals surface area (Å²) in [5.41, 5.74) is 0.461. The molecule has 0 aliphatic rings. The highest BCUT2D eigenvalue weighted by Gasteiger charge is 2.06. The summed E-state index contributed by atoms with van der Waals surface area (Å²) in [6, 6.07) is 0. The van der Waals surface area contributed by atoms with E-state index in [4.69, 9.17) is 0 Å². The summed E-state index contributed by atoms with van der Waals surface area (Å²) in [4.78, 5) is 11.7. The molecule has 0 atom stereocenters. The van der Waals surface area contributed by atoms with Gasteiger partial charge in [0.1, 0.15) is 4.47 Å². The first-order valence-corrected chi connectivity index (χ1v) is 5.50. The minimum atomic E-state index is -0.186. The van der Waals surface area contributed by atoms with Crippen LogP contribution in [0, 0.1) is 11.8 Å². The van der Waals surface area contributed by atoms with Crippen LogP contribution in [-0.2, 0) is 6.54 Å². The molecule has 1 heterocycles. The molecule has 1 aromatic heterocycles. The second kappa shape index (κ2) is 6.13. The predicted molar refractivity (Wildman–Crippen MR) is 68.3 cm³/mol. The fraction of sp³-hybridized carbons (Fsp3) is 0.273. The van der Waals surface area contributed by atoms with Gasteiger partial charge < -0.3 is 5.32 Å². The molecule has 0 aliphatic carbocycles. The third-order valence-corrected chi connectivity index (χ3v) is 2.60. The topological polar surface area (TPSA) is 46.9 Å². The SMILES string of the molecule is C=CCn1ncc(NCC#CC)c(Br)c1=O. The molecule has 5 heteroatoms. The van der Waals surface area contributed by atoms with Crippen LogP contribution in [0.15, 0.2) is 28.1 Å². The van der Waals surface area contributed by atoms with E-state index < -0.39 is 0 Å². The highest BCUT2D eigenvalue weighted by Crippen LogP contribution is 2.15. The van der Waals surface area contributed by atoms with Crippen molar-refractivity contribution in [3.8, 4) is 11.8 Å². The van der Waals surface area contributed by atoms with Gasteiger partial charge in [-0.1, -0.05) is 12.0 Å². The monoisotopic (exact) mass is 281 g/mol. The fourth-order valence-electron chi connectivity index (χ4n) is 1.07. The lowest BCUT2D eigenvalue weighted by atomic mass is 10.4. The van der Waals surface area contributed by atoms with Crippen molar-refractivity contribution in [2.75, 3.05) is 11.9 Å². The van der Waals surface area contributed by atoms with Crippen LogP contribution in [0.4, 0.5) is 5.69 Å². The van der Waals surface area contributed by atoms with E-state index >= 15 is 0 Å². The van der Waals surface area contributed by atoms with Gasteiger partial charge in [0.05, 0.1) is 25.0 Å². The quantitative estimate of drug-likeness (QED) is 0.674. The van der Waals surface area contributed by atoms with Gasteiger partial charge in [-0.25, -0.2) is 4.68 Å². The van der Waals surface area contributed by atoms with E-state index in [0.29, 0.717) is 23.2 Å². The molecule has 0 aliphatic heterocycles. The molecule has 84 valence electrons. The number of nitrogens with zero attached hydrogens (tertiary/aromatic N) is 2. The van der Waals surface area contributed by atoms with Crippen molar-refractivity contribution in [1.82, 2.24) is 9.78 Å². The van der Waals surface area contributed by atoms with Gasteiger partial charge in [0.15, 0.2) is 0 Å². The van der Waals surface area contributed by atoms with E-state index in [2.05, 4.69) is 44.8 Å². The summed E-state index contributed by atoms with van der Waals surface area (Å²) in [5, 5.41) is 7.00. The molecule has 0 spiro atoms. The molecule has 0 amide bonds. The lowest BCUT2D eigenvalue weighted by Crippen LogP contribution is -2.24. The summed E-state index contributed by atoms with van der Waals surface area (Å²) in [6.45, 7) is 6.20. The Labute approximate surface area is 102 Å². The van der Waals surface area contributed by atoms with Gasteiger partial charge in [0, 0.05) is 0 Å². The van der Waals surface area contributed by atoms with Crippen LogP contribution in [0.1, 0.15) is 6.92 Å². The van der Waals surface area contributed by atoms with E-state index in [9.17, 15) is 4.79 Å². The maximum absolute atomic E-state index is 11.7. The first kappa shape index (κ1) is 12.5.